The van der Waals surface area contributed by atoms with Crippen LogP contribution in [-0.4, -0.2) is 6.09 Å². The van der Waals surface area contributed by atoms with E-state index in [1.54, 1.807) is 12.1 Å². The first-order valence-corrected chi connectivity index (χ1v) is 7.65. The molecule has 0 aliphatic carbocycles. The van der Waals surface area contributed by atoms with Crippen molar-refractivity contribution in [1.29, 1.82) is 0 Å². The molecule has 0 aliphatic rings. The molecule has 0 saturated heterocycles. The molecule has 110 valence electrons. The Morgan fingerprint density at radius 3 is 2.67 bits per heavy atom. The summed E-state index contributed by atoms with van der Waals surface area (Å²) in [5.74, 6) is 0. The van der Waals surface area contributed by atoms with E-state index in [1.807, 2.05) is 43.3 Å². The molecule has 5 heteroatoms. The Hall–Kier alpha value is -1.52. The lowest BCUT2D eigenvalue weighted by Crippen LogP contribution is -2.27. The molecule has 1 N–H and O–H groups in total. The number of rotatable bonds is 4. The van der Waals surface area contributed by atoms with Crippen molar-refractivity contribution >= 4 is 33.6 Å². The van der Waals surface area contributed by atoms with Crippen molar-refractivity contribution in [1.82, 2.24) is 5.32 Å². The normalized spacial score (nSPS) is 11.8. The molecule has 0 saturated carbocycles. The lowest BCUT2D eigenvalue weighted by Gasteiger charge is -2.16. The first-order chi connectivity index (χ1) is 10.1. The number of hydrogen-bond acceptors (Lipinski definition) is 2. The Morgan fingerprint density at radius 1 is 1.29 bits per heavy atom. The number of ether oxygens (including phenoxy) is 1. The molecule has 2 aromatic rings. The average molecular weight is 369 g/mol. The van der Waals surface area contributed by atoms with Gasteiger partial charge in [0.05, 0.1) is 6.04 Å². The van der Waals surface area contributed by atoms with Gasteiger partial charge in [0.15, 0.2) is 0 Å². The van der Waals surface area contributed by atoms with Crippen LogP contribution in [0.2, 0.25) is 5.02 Å². The topological polar surface area (TPSA) is 38.3 Å². The average Bonchev–Trinajstić information content (AvgIpc) is 2.46. The molecule has 1 amide bonds. The maximum atomic E-state index is 11.8. The van der Waals surface area contributed by atoms with E-state index in [9.17, 15) is 4.79 Å². The largest absolute Gasteiger partial charge is 0.445 e. The number of hydrogen-bond donors (Lipinski definition) is 1. The fourth-order valence-corrected chi connectivity index (χ4v) is 2.90. The van der Waals surface area contributed by atoms with Crippen LogP contribution in [0.1, 0.15) is 24.1 Å². The minimum Gasteiger partial charge on any atom is -0.445 e. The summed E-state index contributed by atoms with van der Waals surface area (Å²) in [7, 11) is 0. The highest BCUT2D eigenvalue weighted by molar-refractivity contribution is 9.10. The van der Waals surface area contributed by atoms with Crippen molar-refractivity contribution in [3.8, 4) is 0 Å². The first kappa shape index (κ1) is 15.9. The van der Waals surface area contributed by atoms with Crippen LogP contribution in [0.4, 0.5) is 4.79 Å². The van der Waals surface area contributed by atoms with Gasteiger partial charge >= 0.3 is 6.09 Å². The molecule has 21 heavy (non-hydrogen) atoms. The summed E-state index contributed by atoms with van der Waals surface area (Å²) in [6.07, 6.45) is -0.451. The number of nitrogens with one attached hydrogen (secondary N) is 1. The number of halogens is 2. The maximum Gasteiger partial charge on any atom is 0.407 e. The van der Waals surface area contributed by atoms with E-state index in [1.165, 1.54) is 0 Å². The van der Waals surface area contributed by atoms with Gasteiger partial charge in [-0.15, -0.1) is 0 Å². The third-order valence-electron chi connectivity index (χ3n) is 2.98. The lowest BCUT2D eigenvalue weighted by molar-refractivity contribution is 0.136. The van der Waals surface area contributed by atoms with E-state index < -0.39 is 6.09 Å². The minimum atomic E-state index is -0.451. The molecule has 2 rings (SSSR count). The maximum absolute atomic E-state index is 11.8. The predicted molar refractivity (Wildman–Crippen MR) is 87.3 cm³/mol. The zero-order valence-electron chi connectivity index (χ0n) is 11.5. The Kier molecular flexibility index (Phi) is 5.65. The quantitative estimate of drug-likeness (QED) is 0.816. The van der Waals surface area contributed by atoms with Gasteiger partial charge < -0.3 is 10.1 Å². The Labute approximate surface area is 137 Å². The van der Waals surface area contributed by atoms with Crippen LogP contribution in [0, 0.1) is 0 Å². The van der Waals surface area contributed by atoms with Crippen LogP contribution in [0.5, 0.6) is 0 Å². The highest BCUT2D eigenvalue weighted by Gasteiger charge is 2.13. The molecule has 2 aromatic carbocycles. The van der Waals surface area contributed by atoms with Crippen LogP contribution >= 0.6 is 27.5 Å². The molecular formula is C16H15BrClNO2. The molecule has 0 heterocycles. The predicted octanol–water partition coefficient (Wildman–Crippen LogP) is 5.09. The second-order valence-corrected chi connectivity index (χ2v) is 5.88. The second kappa shape index (κ2) is 7.48. The molecule has 0 bridgehead atoms. The van der Waals surface area contributed by atoms with Crippen molar-refractivity contribution in [2.75, 3.05) is 0 Å². The highest BCUT2D eigenvalue weighted by Crippen LogP contribution is 2.26. The summed E-state index contributed by atoms with van der Waals surface area (Å²) in [6, 6.07) is 14.8. The van der Waals surface area contributed by atoms with Crippen LogP contribution < -0.4 is 5.32 Å². The summed E-state index contributed by atoms with van der Waals surface area (Å²) in [5, 5.41) is 3.44. The fourth-order valence-electron chi connectivity index (χ4n) is 1.87. The molecule has 3 nitrogen and oxygen atoms in total. The van der Waals surface area contributed by atoms with Crippen LogP contribution in [0.25, 0.3) is 0 Å². The van der Waals surface area contributed by atoms with Gasteiger partial charge in [0.25, 0.3) is 0 Å². The van der Waals surface area contributed by atoms with Gasteiger partial charge in [0.2, 0.25) is 0 Å². The number of benzene rings is 2. The molecule has 0 spiro atoms. The van der Waals surface area contributed by atoms with Gasteiger partial charge in [0, 0.05) is 9.50 Å². The molecule has 0 unspecified atom stereocenters. The van der Waals surface area contributed by atoms with Gasteiger partial charge in [0.1, 0.15) is 6.61 Å². The second-order valence-electron chi connectivity index (χ2n) is 4.59. The van der Waals surface area contributed by atoms with Gasteiger partial charge in [-0.2, -0.15) is 0 Å². The number of carbonyl (C=O) groups is 1. The first-order valence-electron chi connectivity index (χ1n) is 6.48. The van der Waals surface area contributed by atoms with E-state index >= 15 is 0 Å². The number of alkyl carbamates (subject to hydrolysis) is 1. The third kappa shape index (κ3) is 4.76. The summed E-state index contributed by atoms with van der Waals surface area (Å²) < 4.78 is 6.05. The standard InChI is InChI=1S/C16H15BrClNO2/c1-11(14-8-7-13(18)9-15(14)17)19-16(20)21-10-12-5-3-2-4-6-12/h2-9,11H,10H2,1H3,(H,19,20)/t11-/m1/s1. The van der Waals surface area contributed by atoms with Gasteiger partial charge in [-0.3, -0.25) is 0 Å². The summed E-state index contributed by atoms with van der Waals surface area (Å²) in [5.41, 5.74) is 1.89. The zero-order valence-corrected chi connectivity index (χ0v) is 13.8. The van der Waals surface area contributed by atoms with Crippen molar-refractivity contribution < 1.29 is 9.53 Å². The number of carbonyl (C=O) groups excluding carboxylic acids is 1. The van der Waals surface area contributed by atoms with Crippen LogP contribution in [0.15, 0.2) is 53.0 Å². The molecular weight excluding hydrogens is 354 g/mol. The summed E-state index contributed by atoms with van der Waals surface area (Å²) in [4.78, 5) is 11.8. The monoisotopic (exact) mass is 367 g/mol. The molecule has 0 aliphatic heterocycles. The smallest absolute Gasteiger partial charge is 0.407 e. The molecule has 0 aromatic heterocycles. The Balaban J connectivity index is 1.90. The van der Waals surface area contributed by atoms with Crippen molar-refractivity contribution in [3.05, 3.63) is 69.2 Å². The van der Waals surface area contributed by atoms with Gasteiger partial charge in [-0.05, 0) is 30.2 Å². The minimum absolute atomic E-state index is 0.181. The van der Waals surface area contributed by atoms with Crippen molar-refractivity contribution in [3.63, 3.8) is 0 Å². The summed E-state index contributed by atoms with van der Waals surface area (Å²) in [6.45, 7) is 2.14. The zero-order chi connectivity index (χ0) is 15.2. The van der Waals surface area contributed by atoms with Gasteiger partial charge in [-0.1, -0.05) is 63.9 Å². The van der Waals surface area contributed by atoms with Gasteiger partial charge in [-0.25, -0.2) is 4.79 Å². The van der Waals surface area contributed by atoms with E-state index in [4.69, 9.17) is 16.3 Å². The van der Waals surface area contributed by atoms with E-state index in [2.05, 4.69) is 21.2 Å². The Bertz CT molecular complexity index is 619. The molecule has 0 fully saturated rings. The van der Waals surface area contributed by atoms with Crippen molar-refractivity contribution in [2.24, 2.45) is 0 Å². The third-order valence-corrected chi connectivity index (χ3v) is 3.90. The number of amides is 1. The van der Waals surface area contributed by atoms with Crippen LogP contribution in [-0.2, 0) is 11.3 Å². The summed E-state index contributed by atoms with van der Waals surface area (Å²) >= 11 is 9.34. The highest BCUT2D eigenvalue weighted by atomic mass is 79.9. The van der Waals surface area contributed by atoms with Crippen LogP contribution in [0.3, 0.4) is 0 Å². The SMILES string of the molecule is C[C@@H](NC(=O)OCc1ccccc1)c1ccc(Cl)cc1Br. The molecule has 0 radical (unpaired) electrons. The molecule has 1 atom stereocenters. The lowest BCUT2D eigenvalue weighted by atomic mass is 10.1. The van der Waals surface area contributed by atoms with Crippen molar-refractivity contribution in [2.45, 2.75) is 19.6 Å². The van der Waals surface area contributed by atoms with E-state index in [0.29, 0.717) is 5.02 Å². The van der Waals surface area contributed by atoms with E-state index in [-0.39, 0.29) is 12.6 Å². The Morgan fingerprint density at radius 2 is 2.00 bits per heavy atom. The van der Waals surface area contributed by atoms with E-state index in [0.717, 1.165) is 15.6 Å². The fraction of sp³-hybridized carbons (Fsp3) is 0.188.